The Kier molecular flexibility index (Phi) is 10.7. The van der Waals surface area contributed by atoms with Crippen LogP contribution in [0.5, 0.6) is 11.5 Å². The van der Waals surface area contributed by atoms with Crippen LogP contribution in [-0.2, 0) is 0 Å². The zero-order valence-corrected chi connectivity index (χ0v) is 24.1. The molecular formula is C33H47N3O4. The number of aromatic nitrogens is 1. The fourth-order valence-corrected chi connectivity index (χ4v) is 5.85. The molecule has 0 spiro atoms. The van der Waals surface area contributed by atoms with Gasteiger partial charge in [-0.1, -0.05) is 6.92 Å². The lowest BCUT2D eigenvalue weighted by Crippen LogP contribution is -2.35. The summed E-state index contributed by atoms with van der Waals surface area (Å²) in [6, 6.07) is 15.1. The second-order valence-corrected chi connectivity index (χ2v) is 11.8. The van der Waals surface area contributed by atoms with Crippen LogP contribution in [-0.4, -0.2) is 54.6 Å². The molecule has 1 heterocycles. The Morgan fingerprint density at radius 3 is 2.15 bits per heavy atom. The summed E-state index contributed by atoms with van der Waals surface area (Å²) in [5, 5.41) is 16.9. The molecular weight excluding hydrogens is 502 g/mol. The van der Waals surface area contributed by atoms with Crippen LogP contribution in [0, 0.1) is 5.92 Å². The zero-order chi connectivity index (χ0) is 27.6. The molecule has 3 N–H and O–H groups in total. The van der Waals surface area contributed by atoms with E-state index in [1.165, 1.54) is 25.7 Å². The Morgan fingerprint density at radius 2 is 1.40 bits per heavy atom. The van der Waals surface area contributed by atoms with E-state index >= 15 is 0 Å². The van der Waals surface area contributed by atoms with Gasteiger partial charge in [-0.2, -0.15) is 0 Å². The molecule has 1 aromatic heterocycles. The van der Waals surface area contributed by atoms with Gasteiger partial charge in [0, 0.05) is 23.7 Å². The SMILES string of the molecule is C[C@H]1CC[C@H](NCCCOc2ccc(-c3nc4ccc(OCCCCN[C@H]5CC[C@H](O)CC5)cc4o3)cc2)CC1. The number of rotatable bonds is 14. The Balaban J connectivity index is 1.00. The highest BCUT2D eigenvalue weighted by Gasteiger charge is 2.19. The van der Waals surface area contributed by atoms with Crippen LogP contribution in [0.1, 0.15) is 77.6 Å². The highest BCUT2D eigenvalue weighted by Crippen LogP contribution is 2.28. The normalized spacial score (nSPS) is 23.4. The van der Waals surface area contributed by atoms with Gasteiger partial charge in [-0.3, -0.25) is 0 Å². The van der Waals surface area contributed by atoms with Crippen LogP contribution < -0.4 is 20.1 Å². The highest BCUT2D eigenvalue weighted by molar-refractivity contribution is 5.77. The van der Waals surface area contributed by atoms with Crippen molar-refractivity contribution in [2.45, 2.75) is 95.7 Å². The predicted octanol–water partition coefficient (Wildman–Crippen LogP) is 6.48. The minimum absolute atomic E-state index is 0.0955. The second kappa shape index (κ2) is 14.9. The molecule has 40 heavy (non-hydrogen) atoms. The molecule has 2 aromatic carbocycles. The van der Waals surface area contributed by atoms with Gasteiger partial charge in [0.25, 0.3) is 0 Å². The summed E-state index contributed by atoms with van der Waals surface area (Å²) in [7, 11) is 0. The van der Waals surface area contributed by atoms with Gasteiger partial charge in [-0.15, -0.1) is 0 Å². The van der Waals surface area contributed by atoms with Crippen molar-refractivity contribution in [3.8, 4) is 23.0 Å². The Bertz CT molecular complexity index is 1150. The first-order valence-corrected chi connectivity index (χ1v) is 15.5. The molecule has 0 unspecified atom stereocenters. The topological polar surface area (TPSA) is 88.8 Å². The van der Waals surface area contributed by atoms with Crippen molar-refractivity contribution < 1.29 is 19.0 Å². The molecule has 3 aromatic rings. The lowest BCUT2D eigenvalue weighted by atomic mass is 9.87. The van der Waals surface area contributed by atoms with Crippen molar-refractivity contribution in [2.24, 2.45) is 5.92 Å². The number of nitrogens with zero attached hydrogens (tertiary/aromatic N) is 1. The maximum Gasteiger partial charge on any atom is 0.227 e. The molecule has 0 bridgehead atoms. The average Bonchev–Trinajstić information content (AvgIpc) is 3.40. The lowest BCUT2D eigenvalue weighted by molar-refractivity contribution is 0.116. The van der Waals surface area contributed by atoms with E-state index in [0.29, 0.717) is 31.2 Å². The summed E-state index contributed by atoms with van der Waals surface area (Å²) in [6.45, 7) is 5.75. The molecule has 7 heteroatoms. The number of hydrogen-bond donors (Lipinski definition) is 3. The number of hydrogen-bond acceptors (Lipinski definition) is 7. The first-order chi connectivity index (χ1) is 19.6. The van der Waals surface area contributed by atoms with Crippen LogP contribution >= 0.6 is 0 Å². The Labute approximate surface area is 239 Å². The van der Waals surface area contributed by atoms with E-state index in [2.05, 4.69) is 22.5 Å². The summed E-state index contributed by atoms with van der Waals surface area (Å²) >= 11 is 0. The van der Waals surface area contributed by atoms with Gasteiger partial charge in [0.05, 0.1) is 19.3 Å². The molecule has 2 aliphatic rings. The molecule has 5 rings (SSSR count). The summed E-state index contributed by atoms with van der Waals surface area (Å²) in [4.78, 5) is 4.66. The lowest BCUT2D eigenvalue weighted by Gasteiger charge is -2.27. The molecule has 2 aliphatic carbocycles. The van der Waals surface area contributed by atoms with Gasteiger partial charge in [0.15, 0.2) is 5.58 Å². The van der Waals surface area contributed by atoms with Gasteiger partial charge in [0.2, 0.25) is 5.89 Å². The maximum absolute atomic E-state index is 9.63. The maximum atomic E-state index is 9.63. The molecule has 7 nitrogen and oxygen atoms in total. The third-order valence-electron chi connectivity index (χ3n) is 8.47. The summed E-state index contributed by atoms with van der Waals surface area (Å²) < 4.78 is 18.0. The third-order valence-corrected chi connectivity index (χ3v) is 8.47. The molecule has 0 aliphatic heterocycles. The van der Waals surface area contributed by atoms with E-state index in [4.69, 9.17) is 13.9 Å². The number of ether oxygens (including phenoxy) is 2. The fraction of sp³-hybridized carbons (Fsp3) is 0.606. The number of aliphatic hydroxyl groups excluding tert-OH is 1. The van der Waals surface area contributed by atoms with Crippen molar-refractivity contribution in [3.63, 3.8) is 0 Å². The first-order valence-electron chi connectivity index (χ1n) is 15.5. The molecule has 2 saturated carbocycles. The van der Waals surface area contributed by atoms with E-state index in [0.717, 1.165) is 92.1 Å². The summed E-state index contributed by atoms with van der Waals surface area (Å²) in [5.74, 6) is 3.17. The molecule has 2 fully saturated rings. The smallest absolute Gasteiger partial charge is 0.227 e. The van der Waals surface area contributed by atoms with E-state index < -0.39 is 0 Å². The summed E-state index contributed by atoms with van der Waals surface area (Å²) in [6.07, 6.45) is 12.3. The van der Waals surface area contributed by atoms with Crippen LogP contribution in [0.2, 0.25) is 0 Å². The standard InChI is InChI=1S/C33H47N3O4/c1-24-5-9-26(10-6-24)35-20-4-22-38-29-15-7-25(8-16-29)33-36-31-18-17-30(23-32(31)40-33)39-21-3-2-19-34-27-11-13-28(37)14-12-27/h7-8,15-18,23-24,26-28,34-35,37H,2-6,9-14,19-22H2,1H3/t24-,26-,27-,28-. The minimum Gasteiger partial charge on any atom is -0.494 e. The zero-order valence-electron chi connectivity index (χ0n) is 24.1. The van der Waals surface area contributed by atoms with Crippen molar-refractivity contribution in [1.29, 1.82) is 0 Å². The number of benzene rings is 2. The molecule has 0 atom stereocenters. The monoisotopic (exact) mass is 549 g/mol. The van der Waals surface area contributed by atoms with Crippen molar-refractivity contribution in [1.82, 2.24) is 15.6 Å². The quantitative estimate of drug-likeness (QED) is 0.198. The summed E-state index contributed by atoms with van der Waals surface area (Å²) in [5.41, 5.74) is 2.48. The van der Waals surface area contributed by atoms with Crippen molar-refractivity contribution >= 4 is 11.1 Å². The van der Waals surface area contributed by atoms with Crippen LogP contribution in [0.4, 0.5) is 0 Å². The average molecular weight is 550 g/mol. The minimum atomic E-state index is -0.0955. The van der Waals surface area contributed by atoms with Gasteiger partial charge in [0.1, 0.15) is 17.0 Å². The number of unbranched alkanes of at least 4 members (excludes halogenated alkanes) is 1. The van der Waals surface area contributed by atoms with E-state index in [9.17, 15) is 5.11 Å². The predicted molar refractivity (Wildman–Crippen MR) is 160 cm³/mol. The Morgan fingerprint density at radius 1 is 0.775 bits per heavy atom. The second-order valence-electron chi connectivity index (χ2n) is 11.8. The molecule has 218 valence electrons. The molecule has 0 radical (unpaired) electrons. The van der Waals surface area contributed by atoms with E-state index in [-0.39, 0.29) is 6.10 Å². The van der Waals surface area contributed by atoms with Gasteiger partial charge >= 0.3 is 0 Å². The number of fused-ring (bicyclic) bond motifs is 1. The van der Waals surface area contributed by atoms with E-state index in [1.54, 1.807) is 0 Å². The van der Waals surface area contributed by atoms with Crippen molar-refractivity contribution in [3.05, 3.63) is 42.5 Å². The molecule has 0 amide bonds. The van der Waals surface area contributed by atoms with Crippen LogP contribution in [0.15, 0.2) is 46.9 Å². The fourth-order valence-electron chi connectivity index (χ4n) is 5.85. The van der Waals surface area contributed by atoms with Crippen LogP contribution in [0.25, 0.3) is 22.6 Å². The molecule has 0 saturated heterocycles. The highest BCUT2D eigenvalue weighted by atomic mass is 16.5. The van der Waals surface area contributed by atoms with Crippen LogP contribution in [0.3, 0.4) is 0 Å². The van der Waals surface area contributed by atoms with Crippen molar-refractivity contribution in [2.75, 3.05) is 26.3 Å². The number of aliphatic hydroxyl groups is 1. The first kappa shape index (κ1) is 28.9. The Hall–Kier alpha value is -2.61. The van der Waals surface area contributed by atoms with E-state index in [1.807, 2.05) is 42.5 Å². The largest absolute Gasteiger partial charge is 0.494 e. The van der Waals surface area contributed by atoms with Gasteiger partial charge in [-0.25, -0.2) is 4.98 Å². The number of oxazole rings is 1. The van der Waals surface area contributed by atoms with Gasteiger partial charge < -0.3 is 29.6 Å². The number of nitrogens with one attached hydrogen (secondary N) is 2. The van der Waals surface area contributed by atoms with Gasteiger partial charge in [-0.05, 0) is 126 Å². The third kappa shape index (κ3) is 8.69.